The van der Waals surface area contributed by atoms with Crippen LogP contribution in [0.3, 0.4) is 0 Å². The van der Waals surface area contributed by atoms with Crippen molar-refractivity contribution in [3.05, 3.63) is 72.1 Å². The number of amides is 2. The Morgan fingerprint density at radius 2 is 1.85 bits per heavy atom. The molecule has 1 saturated heterocycles. The highest BCUT2D eigenvalue weighted by atomic mass is 16.5. The van der Waals surface area contributed by atoms with Crippen LogP contribution < -0.4 is 10.1 Å². The number of aromatic amines is 1. The molecule has 1 aliphatic heterocycles. The molecule has 1 aromatic heterocycles. The molecule has 0 radical (unpaired) electrons. The number of piperidine rings is 1. The van der Waals surface area contributed by atoms with E-state index in [-0.39, 0.29) is 24.3 Å². The molecule has 1 fully saturated rings. The smallest absolute Gasteiger partial charge is 0.246 e. The van der Waals surface area contributed by atoms with Crippen molar-refractivity contribution in [2.24, 2.45) is 5.92 Å². The Labute approximate surface area is 192 Å². The van der Waals surface area contributed by atoms with Crippen molar-refractivity contribution in [3.8, 4) is 17.1 Å². The summed E-state index contributed by atoms with van der Waals surface area (Å²) in [4.78, 5) is 31.3. The first-order valence-corrected chi connectivity index (χ1v) is 11.0. The van der Waals surface area contributed by atoms with Crippen LogP contribution >= 0.6 is 0 Å². The standard InChI is InChI=1S/C25H27N5O3/c1-33-21-10-8-19(9-11-21)24-27-22(28-29-24)17-26-25(32)20-13-15-30(16-14-20)23(31)12-7-18-5-3-2-4-6-18/h2-12,20H,13-17H2,1H3,(H,26,32)(H,27,28,29)/b12-7+. The van der Waals surface area contributed by atoms with Crippen LogP contribution in [-0.4, -0.2) is 52.1 Å². The number of likely N-dealkylation sites (tertiary alicyclic amines) is 1. The minimum Gasteiger partial charge on any atom is -0.497 e. The van der Waals surface area contributed by atoms with Crippen molar-refractivity contribution < 1.29 is 14.3 Å². The SMILES string of the molecule is COc1ccc(-c2n[nH]c(CNC(=O)C3CCN(C(=O)/C=C/c4ccccc4)CC3)n2)cc1. The van der Waals surface area contributed by atoms with Crippen molar-refractivity contribution in [2.45, 2.75) is 19.4 Å². The van der Waals surface area contributed by atoms with Crippen molar-refractivity contribution in [1.82, 2.24) is 25.4 Å². The lowest BCUT2D eigenvalue weighted by molar-refractivity contribution is -0.132. The van der Waals surface area contributed by atoms with Crippen LogP contribution in [0.4, 0.5) is 0 Å². The molecule has 0 saturated carbocycles. The van der Waals surface area contributed by atoms with E-state index in [0.717, 1.165) is 16.9 Å². The summed E-state index contributed by atoms with van der Waals surface area (Å²) in [5, 5.41) is 10.0. The second-order valence-electron chi connectivity index (χ2n) is 7.90. The van der Waals surface area contributed by atoms with Crippen molar-refractivity contribution >= 4 is 17.9 Å². The molecule has 0 spiro atoms. The Hall–Kier alpha value is -3.94. The van der Waals surface area contributed by atoms with Gasteiger partial charge in [-0.25, -0.2) is 4.98 Å². The molecule has 0 unspecified atom stereocenters. The molecule has 170 valence electrons. The quantitative estimate of drug-likeness (QED) is 0.545. The van der Waals surface area contributed by atoms with E-state index in [1.165, 1.54) is 0 Å². The van der Waals surface area contributed by atoms with Gasteiger partial charge >= 0.3 is 0 Å². The maximum atomic E-state index is 12.6. The molecule has 3 aromatic rings. The number of hydrogen-bond acceptors (Lipinski definition) is 5. The summed E-state index contributed by atoms with van der Waals surface area (Å²) in [6.45, 7) is 1.42. The van der Waals surface area contributed by atoms with Gasteiger partial charge in [-0.1, -0.05) is 30.3 Å². The highest BCUT2D eigenvalue weighted by molar-refractivity contribution is 5.92. The lowest BCUT2D eigenvalue weighted by atomic mass is 9.96. The predicted octanol–water partition coefficient (Wildman–Crippen LogP) is 3.05. The Kier molecular flexibility index (Phi) is 7.14. The Morgan fingerprint density at radius 3 is 2.55 bits per heavy atom. The van der Waals surface area contributed by atoms with Crippen molar-refractivity contribution in [2.75, 3.05) is 20.2 Å². The van der Waals surface area contributed by atoms with Gasteiger partial charge in [0.15, 0.2) is 5.82 Å². The zero-order chi connectivity index (χ0) is 23.0. The maximum absolute atomic E-state index is 12.6. The number of hydrogen-bond donors (Lipinski definition) is 2. The largest absolute Gasteiger partial charge is 0.497 e. The van der Waals surface area contributed by atoms with Crippen LogP contribution in [-0.2, 0) is 16.1 Å². The first kappa shape index (κ1) is 22.3. The fraction of sp³-hybridized carbons (Fsp3) is 0.280. The van der Waals surface area contributed by atoms with Gasteiger partial charge in [0.2, 0.25) is 11.8 Å². The molecule has 8 nitrogen and oxygen atoms in total. The van der Waals surface area contributed by atoms with Gasteiger partial charge < -0.3 is 15.0 Å². The second kappa shape index (κ2) is 10.6. The van der Waals surface area contributed by atoms with E-state index in [0.29, 0.717) is 37.6 Å². The molecule has 8 heteroatoms. The van der Waals surface area contributed by atoms with Crippen LogP contribution in [0.1, 0.15) is 24.2 Å². The highest BCUT2D eigenvalue weighted by Crippen LogP contribution is 2.20. The van der Waals surface area contributed by atoms with Crippen LogP contribution in [0.2, 0.25) is 0 Å². The highest BCUT2D eigenvalue weighted by Gasteiger charge is 2.26. The van der Waals surface area contributed by atoms with E-state index in [1.54, 1.807) is 18.1 Å². The molecule has 2 N–H and O–H groups in total. The normalized spacial score (nSPS) is 14.4. The van der Waals surface area contributed by atoms with Gasteiger partial charge in [-0.05, 0) is 48.7 Å². The molecule has 1 aliphatic rings. The molecule has 2 heterocycles. The molecule has 2 amide bonds. The summed E-state index contributed by atoms with van der Waals surface area (Å²) in [6.07, 6.45) is 4.70. The number of carbonyl (C=O) groups excluding carboxylic acids is 2. The van der Waals surface area contributed by atoms with Gasteiger partial charge in [0.1, 0.15) is 11.6 Å². The number of aromatic nitrogens is 3. The van der Waals surface area contributed by atoms with Crippen LogP contribution in [0.5, 0.6) is 5.75 Å². The van der Waals surface area contributed by atoms with Crippen LogP contribution in [0, 0.1) is 5.92 Å². The third kappa shape index (κ3) is 5.85. The first-order chi connectivity index (χ1) is 16.1. The van der Waals surface area contributed by atoms with Gasteiger partial charge in [0, 0.05) is 30.6 Å². The Bertz CT molecular complexity index is 1100. The third-order valence-electron chi connectivity index (χ3n) is 5.71. The lowest BCUT2D eigenvalue weighted by Crippen LogP contribution is -2.42. The summed E-state index contributed by atoms with van der Waals surface area (Å²) in [6, 6.07) is 17.2. The molecule has 33 heavy (non-hydrogen) atoms. The summed E-state index contributed by atoms with van der Waals surface area (Å²) in [5.74, 6) is 1.76. The third-order valence-corrected chi connectivity index (χ3v) is 5.71. The van der Waals surface area contributed by atoms with Gasteiger partial charge in [-0.2, -0.15) is 5.10 Å². The average Bonchev–Trinajstić information content (AvgIpc) is 3.35. The van der Waals surface area contributed by atoms with E-state index in [1.807, 2.05) is 60.7 Å². The minimum absolute atomic E-state index is 0.0227. The van der Waals surface area contributed by atoms with Gasteiger partial charge in [0.05, 0.1) is 13.7 Å². The molecule has 0 bridgehead atoms. The van der Waals surface area contributed by atoms with E-state index in [2.05, 4.69) is 20.5 Å². The fourth-order valence-electron chi connectivity index (χ4n) is 3.76. The molecule has 4 rings (SSSR count). The summed E-state index contributed by atoms with van der Waals surface area (Å²) >= 11 is 0. The summed E-state index contributed by atoms with van der Waals surface area (Å²) < 4.78 is 5.16. The molecule has 0 aliphatic carbocycles. The second-order valence-corrected chi connectivity index (χ2v) is 7.90. The fourth-order valence-corrected chi connectivity index (χ4v) is 3.76. The van der Waals surface area contributed by atoms with Gasteiger partial charge in [-0.3, -0.25) is 14.7 Å². The van der Waals surface area contributed by atoms with Crippen molar-refractivity contribution in [1.29, 1.82) is 0 Å². The number of benzene rings is 2. The maximum Gasteiger partial charge on any atom is 0.246 e. The number of ether oxygens (including phenoxy) is 1. The van der Waals surface area contributed by atoms with E-state index < -0.39 is 0 Å². The molecular formula is C25H27N5O3. The molecule has 2 aromatic carbocycles. The zero-order valence-corrected chi connectivity index (χ0v) is 18.5. The van der Waals surface area contributed by atoms with Crippen LogP contribution in [0.25, 0.3) is 17.5 Å². The minimum atomic E-state index is -0.115. The average molecular weight is 446 g/mol. The number of nitrogens with zero attached hydrogens (tertiary/aromatic N) is 3. The Balaban J connectivity index is 1.23. The zero-order valence-electron chi connectivity index (χ0n) is 18.5. The van der Waals surface area contributed by atoms with E-state index in [4.69, 9.17) is 4.74 Å². The Morgan fingerprint density at radius 1 is 1.12 bits per heavy atom. The summed E-state index contributed by atoms with van der Waals surface area (Å²) in [7, 11) is 1.62. The number of nitrogens with one attached hydrogen (secondary N) is 2. The molecule has 0 atom stereocenters. The topological polar surface area (TPSA) is 100 Å². The van der Waals surface area contributed by atoms with E-state index in [9.17, 15) is 9.59 Å². The summed E-state index contributed by atoms with van der Waals surface area (Å²) in [5.41, 5.74) is 1.85. The molecular weight excluding hydrogens is 418 g/mol. The predicted molar refractivity (Wildman–Crippen MR) is 125 cm³/mol. The van der Waals surface area contributed by atoms with Gasteiger partial charge in [0.25, 0.3) is 0 Å². The number of rotatable bonds is 7. The number of carbonyl (C=O) groups is 2. The van der Waals surface area contributed by atoms with Crippen LogP contribution in [0.15, 0.2) is 60.7 Å². The number of methoxy groups -OCH3 is 1. The van der Waals surface area contributed by atoms with Gasteiger partial charge in [-0.15, -0.1) is 0 Å². The van der Waals surface area contributed by atoms with E-state index >= 15 is 0 Å². The van der Waals surface area contributed by atoms with Crippen molar-refractivity contribution in [3.63, 3.8) is 0 Å². The lowest BCUT2D eigenvalue weighted by Gasteiger charge is -2.30. The first-order valence-electron chi connectivity index (χ1n) is 11.0. The number of H-pyrrole nitrogens is 1. The monoisotopic (exact) mass is 445 g/mol.